The summed E-state index contributed by atoms with van der Waals surface area (Å²) in [5.74, 6) is -1.61. The van der Waals surface area contributed by atoms with Crippen molar-refractivity contribution < 1.29 is 24.6 Å². The van der Waals surface area contributed by atoms with E-state index in [-0.39, 0.29) is 13.1 Å². The van der Waals surface area contributed by atoms with Gasteiger partial charge >= 0.3 is 0 Å². The molecule has 10 heteroatoms. The number of para-hydroxylation sites is 2. The van der Waals surface area contributed by atoms with E-state index < -0.39 is 29.4 Å². The summed E-state index contributed by atoms with van der Waals surface area (Å²) in [5.41, 5.74) is 1.14. The van der Waals surface area contributed by atoms with Gasteiger partial charge in [-0.1, -0.05) is 42.5 Å². The molecule has 0 saturated carbocycles. The second kappa shape index (κ2) is 8.50. The van der Waals surface area contributed by atoms with Crippen LogP contribution in [0.5, 0.6) is 0 Å². The number of amides is 3. The number of hydrogen-bond donors (Lipinski definition) is 4. The second-order valence-corrected chi connectivity index (χ2v) is 11.8. The van der Waals surface area contributed by atoms with E-state index in [1.807, 2.05) is 75.2 Å². The van der Waals surface area contributed by atoms with Crippen LogP contribution < -0.4 is 10.6 Å². The molecule has 0 spiro atoms. The van der Waals surface area contributed by atoms with E-state index in [2.05, 4.69) is 10.6 Å². The largest absolute Gasteiger partial charge is 0.388 e. The average molecular weight is 565 g/mol. The number of hydrogen-bond acceptors (Lipinski definition) is 6. The van der Waals surface area contributed by atoms with E-state index in [1.54, 1.807) is 11.3 Å². The molecule has 6 aromatic rings. The summed E-state index contributed by atoms with van der Waals surface area (Å²) >= 11 is 1.59. The van der Waals surface area contributed by atoms with Crippen molar-refractivity contribution in [3.8, 4) is 0 Å². The minimum Gasteiger partial charge on any atom is -0.388 e. The highest BCUT2D eigenvalue weighted by atomic mass is 32.1. The molecule has 2 aliphatic rings. The maximum atomic E-state index is 13.7. The van der Waals surface area contributed by atoms with Crippen molar-refractivity contribution in [2.24, 2.45) is 0 Å². The summed E-state index contributed by atoms with van der Waals surface area (Å²) in [6, 6.07) is 18.8. The molecule has 8 rings (SSSR count). The van der Waals surface area contributed by atoms with Gasteiger partial charge in [0.15, 0.2) is 5.60 Å². The Hall–Kier alpha value is -4.51. The number of thiophene rings is 1. The fourth-order valence-electron chi connectivity index (χ4n) is 6.69. The van der Waals surface area contributed by atoms with Gasteiger partial charge in [-0.05, 0) is 30.0 Å². The van der Waals surface area contributed by atoms with Crippen LogP contribution in [0.1, 0.15) is 25.6 Å². The number of carbonyl (C=O) groups is 3. The van der Waals surface area contributed by atoms with Crippen LogP contribution in [0.4, 0.5) is 0 Å². The van der Waals surface area contributed by atoms with E-state index in [1.165, 1.54) is 0 Å². The van der Waals surface area contributed by atoms with Gasteiger partial charge in [0, 0.05) is 44.0 Å². The molecule has 204 valence electrons. The number of rotatable bonds is 4. The minimum atomic E-state index is -2.18. The van der Waals surface area contributed by atoms with Gasteiger partial charge in [0.05, 0.1) is 35.2 Å². The number of aliphatic hydroxyl groups is 2. The van der Waals surface area contributed by atoms with E-state index in [4.69, 9.17) is 0 Å². The Morgan fingerprint density at radius 1 is 0.927 bits per heavy atom. The summed E-state index contributed by atoms with van der Waals surface area (Å²) in [5, 5.41) is 33.6. The van der Waals surface area contributed by atoms with Crippen molar-refractivity contribution >= 4 is 72.7 Å². The molecule has 4 N–H and O–H groups in total. The van der Waals surface area contributed by atoms with E-state index in [0.29, 0.717) is 51.4 Å². The van der Waals surface area contributed by atoms with Crippen molar-refractivity contribution in [3.05, 3.63) is 82.0 Å². The summed E-state index contributed by atoms with van der Waals surface area (Å²) in [6.45, 7) is -0.0306. The molecule has 5 heterocycles. The second-order valence-electron chi connectivity index (χ2n) is 10.7. The molecule has 2 atom stereocenters. The quantitative estimate of drug-likeness (QED) is 0.245. The molecule has 9 nitrogen and oxygen atoms in total. The van der Waals surface area contributed by atoms with Crippen LogP contribution in [0.3, 0.4) is 0 Å². The Kier molecular flexibility index (Phi) is 5.04. The summed E-state index contributed by atoms with van der Waals surface area (Å²) in [4.78, 5) is 41.4. The first-order chi connectivity index (χ1) is 19.9. The highest BCUT2D eigenvalue weighted by molar-refractivity contribution is 7.09. The Balaban J connectivity index is 1.43. The highest BCUT2D eigenvalue weighted by Crippen LogP contribution is 2.46. The van der Waals surface area contributed by atoms with E-state index in [0.717, 1.165) is 21.2 Å². The monoisotopic (exact) mass is 564 g/mol. The number of carbonyl (C=O) groups excluding carboxylic acids is 3. The van der Waals surface area contributed by atoms with Crippen LogP contribution in [-0.2, 0) is 24.3 Å². The first kappa shape index (κ1) is 24.3. The molecule has 3 aromatic heterocycles. The molecule has 41 heavy (non-hydrogen) atoms. The van der Waals surface area contributed by atoms with Crippen LogP contribution in [0.2, 0.25) is 0 Å². The number of fused-ring (bicyclic) bond motifs is 9. The minimum absolute atomic E-state index is 0.0934. The third-order valence-electron chi connectivity index (χ3n) is 8.53. The van der Waals surface area contributed by atoms with Crippen molar-refractivity contribution in [1.82, 2.24) is 19.8 Å². The van der Waals surface area contributed by atoms with Crippen molar-refractivity contribution in [1.29, 1.82) is 0 Å². The van der Waals surface area contributed by atoms with Crippen molar-refractivity contribution in [3.63, 3.8) is 0 Å². The summed E-state index contributed by atoms with van der Waals surface area (Å²) in [7, 11) is 0. The maximum Gasteiger partial charge on any atom is 0.259 e. The lowest BCUT2D eigenvalue weighted by Crippen LogP contribution is -2.59. The Morgan fingerprint density at radius 2 is 1.54 bits per heavy atom. The van der Waals surface area contributed by atoms with Gasteiger partial charge in [0.1, 0.15) is 6.10 Å². The van der Waals surface area contributed by atoms with Gasteiger partial charge in [-0.3, -0.25) is 19.7 Å². The molecule has 3 aromatic carbocycles. The van der Waals surface area contributed by atoms with Gasteiger partial charge < -0.3 is 24.7 Å². The molecular weight excluding hydrogens is 540 g/mol. The average Bonchev–Trinajstić information content (AvgIpc) is 3.73. The molecule has 0 radical (unpaired) electrons. The van der Waals surface area contributed by atoms with Crippen LogP contribution in [0, 0.1) is 0 Å². The molecule has 0 saturated heterocycles. The highest BCUT2D eigenvalue weighted by Gasteiger charge is 2.47. The molecular formula is C31H24N4O5S. The predicted molar refractivity (Wildman–Crippen MR) is 156 cm³/mol. The predicted octanol–water partition coefficient (Wildman–Crippen LogP) is 3.31. The zero-order chi connectivity index (χ0) is 28.0. The van der Waals surface area contributed by atoms with Crippen LogP contribution in [0.15, 0.2) is 66.0 Å². The standard InChI is InChI=1S/C31H24N4O5S/c36-21-14-34-19-9-3-1-7-17(19)22-24-25(29(38)33-28(24)37)23-18-8-2-4-10-20(18)35(27(23)26(22)34)15-31(21,40)30(39)32-12-11-16-6-5-13-41-16/h1-10,13,21,36,40H,11-12,14-15H2,(H,32,39)(H,33,37,38). The van der Waals surface area contributed by atoms with E-state index in [9.17, 15) is 24.6 Å². The normalized spacial score (nSPS) is 20.2. The van der Waals surface area contributed by atoms with Gasteiger partial charge in [0.2, 0.25) is 0 Å². The van der Waals surface area contributed by atoms with Gasteiger partial charge in [-0.2, -0.15) is 0 Å². The number of nitrogens with one attached hydrogen (secondary N) is 2. The zero-order valence-corrected chi connectivity index (χ0v) is 22.5. The Bertz CT molecular complexity index is 2110. The first-order valence-corrected chi connectivity index (χ1v) is 14.3. The number of imide groups is 1. The SMILES string of the molecule is O=C1NC(=O)c2c1c1c3ccccc3n3c1c1c2c2ccccc2n1CC(O)(C(=O)NCCc1cccs1)C(O)C3. The topological polar surface area (TPSA) is 126 Å². The third kappa shape index (κ3) is 3.20. The van der Waals surface area contributed by atoms with Gasteiger partial charge in [-0.25, -0.2) is 0 Å². The number of aromatic nitrogens is 2. The third-order valence-corrected chi connectivity index (χ3v) is 9.47. The fourth-order valence-corrected chi connectivity index (χ4v) is 7.40. The Labute approximate surface area is 236 Å². The van der Waals surface area contributed by atoms with E-state index >= 15 is 0 Å². The lowest BCUT2D eigenvalue weighted by atomic mass is 9.93. The first-order valence-electron chi connectivity index (χ1n) is 13.4. The Morgan fingerprint density at radius 3 is 2.17 bits per heavy atom. The lowest BCUT2D eigenvalue weighted by molar-refractivity contribution is -0.156. The molecule has 0 aliphatic carbocycles. The zero-order valence-electron chi connectivity index (χ0n) is 21.7. The number of benzene rings is 3. The van der Waals surface area contributed by atoms with Crippen LogP contribution in [0.25, 0.3) is 43.6 Å². The van der Waals surface area contributed by atoms with Crippen LogP contribution in [-0.4, -0.2) is 55.3 Å². The smallest absolute Gasteiger partial charge is 0.259 e. The molecule has 0 bridgehead atoms. The van der Waals surface area contributed by atoms with Gasteiger partial charge in [-0.15, -0.1) is 11.3 Å². The van der Waals surface area contributed by atoms with Gasteiger partial charge in [0.25, 0.3) is 17.7 Å². The molecule has 2 unspecified atom stereocenters. The fraction of sp³-hybridized carbons (Fsp3) is 0.194. The lowest BCUT2D eigenvalue weighted by Gasteiger charge is -2.34. The molecule has 0 fully saturated rings. The van der Waals surface area contributed by atoms with Crippen LogP contribution >= 0.6 is 11.3 Å². The molecule has 3 amide bonds. The molecule has 2 aliphatic heterocycles. The summed E-state index contributed by atoms with van der Waals surface area (Å²) < 4.78 is 3.69. The summed E-state index contributed by atoms with van der Waals surface area (Å²) in [6.07, 6.45) is -0.871. The number of aliphatic hydroxyl groups excluding tert-OH is 1. The number of nitrogens with zero attached hydrogens (tertiary/aromatic N) is 2. The maximum absolute atomic E-state index is 13.7. The van der Waals surface area contributed by atoms with Crippen molar-refractivity contribution in [2.45, 2.75) is 31.2 Å². The van der Waals surface area contributed by atoms with Crippen molar-refractivity contribution in [2.75, 3.05) is 6.54 Å².